The maximum Gasteiger partial charge on any atom is 0.422 e. The van der Waals surface area contributed by atoms with Crippen LogP contribution in [0.4, 0.5) is 4.79 Å². The Labute approximate surface area is 78.2 Å². The molecule has 0 saturated carbocycles. The summed E-state index contributed by atoms with van der Waals surface area (Å²) in [6, 6.07) is 0. The molecule has 10 heteroatoms. The Bertz CT molecular complexity index is 124. The molecule has 12 heavy (non-hydrogen) atoms. The Hall–Kier alpha value is -0.230. The SMILES string of the molecule is COC(=O)NNSNNSNN. The third-order valence-electron chi connectivity index (χ3n) is 0.592. The lowest BCUT2D eigenvalue weighted by Gasteiger charge is -2.05. The molecule has 8 nitrogen and oxygen atoms in total. The summed E-state index contributed by atoms with van der Waals surface area (Å²) in [5.74, 6) is 4.90. The number of carbonyl (C=O) groups excluding carboxylic acids is 1. The molecule has 0 aliphatic heterocycles. The molecule has 0 radical (unpaired) electrons. The van der Waals surface area contributed by atoms with Crippen LogP contribution in [0.2, 0.25) is 0 Å². The summed E-state index contributed by atoms with van der Waals surface area (Å²) in [6.07, 6.45) is -0.575. The summed E-state index contributed by atoms with van der Waals surface area (Å²) in [6.45, 7) is 0. The van der Waals surface area contributed by atoms with E-state index in [0.717, 1.165) is 24.3 Å². The second-order valence-corrected chi connectivity index (χ2v) is 2.50. The van der Waals surface area contributed by atoms with Crippen LogP contribution in [-0.2, 0) is 4.74 Å². The first-order valence-corrected chi connectivity index (χ1v) is 4.30. The van der Waals surface area contributed by atoms with E-state index in [0.29, 0.717) is 0 Å². The van der Waals surface area contributed by atoms with E-state index in [9.17, 15) is 4.79 Å². The van der Waals surface area contributed by atoms with E-state index < -0.39 is 6.09 Å². The topological polar surface area (TPSA) is 112 Å². The first kappa shape index (κ1) is 11.8. The summed E-state index contributed by atoms with van der Waals surface area (Å²) in [5, 5.41) is 0. The van der Waals surface area contributed by atoms with Gasteiger partial charge in [0.25, 0.3) is 0 Å². The first-order chi connectivity index (χ1) is 5.81. The standard InChI is InChI=1S/C2H10N6O2S2/c1-10-2(9)4-6-12-8-7-11-5-3/h5-8H,3H2,1H3,(H,4,9). The molecule has 0 aliphatic carbocycles. The van der Waals surface area contributed by atoms with Crippen molar-refractivity contribution in [2.45, 2.75) is 0 Å². The predicted molar refractivity (Wildman–Crippen MR) is 47.5 cm³/mol. The Morgan fingerprint density at radius 3 is 2.58 bits per heavy atom. The number of carbonyl (C=O) groups is 1. The molecule has 72 valence electrons. The Morgan fingerprint density at radius 2 is 2.00 bits per heavy atom. The number of nitrogens with one attached hydrogen (secondary N) is 5. The van der Waals surface area contributed by atoms with Crippen LogP contribution < -0.4 is 30.6 Å². The molecule has 0 unspecified atom stereocenters. The van der Waals surface area contributed by atoms with Gasteiger partial charge in [-0.15, -0.1) is 0 Å². The van der Waals surface area contributed by atoms with Crippen molar-refractivity contribution in [2.24, 2.45) is 5.84 Å². The van der Waals surface area contributed by atoms with Crippen molar-refractivity contribution < 1.29 is 9.53 Å². The molecule has 1 amide bonds. The van der Waals surface area contributed by atoms with Gasteiger partial charge in [0.2, 0.25) is 0 Å². The second-order valence-electron chi connectivity index (χ2n) is 1.24. The second kappa shape index (κ2) is 8.86. The molecule has 0 saturated heterocycles. The largest absolute Gasteiger partial charge is 0.452 e. The van der Waals surface area contributed by atoms with E-state index in [4.69, 9.17) is 5.84 Å². The van der Waals surface area contributed by atoms with Crippen molar-refractivity contribution in [3.63, 3.8) is 0 Å². The minimum Gasteiger partial charge on any atom is -0.452 e. The molecule has 0 bridgehead atoms. The van der Waals surface area contributed by atoms with Gasteiger partial charge in [0.15, 0.2) is 0 Å². The van der Waals surface area contributed by atoms with Crippen molar-refractivity contribution in [2.75, 3.05) is 7.11 Å². The third-order valence-corrected chi connectivity index (χ3v) is 1.45. The molecule has 0 fully saturated rings. The summed E-state index contributed by atoms with van der Waals surface area (Å²) >= 11 is 2.03. The van der Waals surface area contributed by atoms with Gasteiger partial charge in [-0.1, -0.05) is 0 Å². The van der Waals surface area contributed by atoms with E-state index in [-0.39, 0.29) is 0 Å². The maximum atomic E-state index is 10.4. The van der Waals surface area contributed by atoms with E-state index in [1.165, 1.54) is 7.11 Å². The highest BCUT2D eigenvalue weighted by molar-refractivity contribution is 7.98. The molecule has 0 heterocycles. The minimum atomic E-state index is -0.575. The van der Waals surface area contributed by atoms with Crippen LogP contribution in [-0.4, -0.2) is 13.2 Å². The van der Waals surface area contributed by atoms with Crippen molar-refractivity contribution >= 4 is 30.4 Å². The number of hydrogen-bond donors (Lipinski definition) is 6. The van der Waals surface area contributed by atoms with Gasteiger partial charge in [-0.25, -0.2) is 10.2 Å². The number of rotatable bonds is 6. The fourth-order valence-electron chi connectivity index (χ4n) is 0.215. The molecule has 0 aromatic rings. The highest BCUT2D eigenvalue weighted by atomic mass is 32.2. The van der Waals surface area contributed by atoms with Gasteiger partial charge in [0, 0.05) is 24.3 Å². The van der Waals surface area contributed by atoms with E-state index in [1.54, 1.807) is 0 Å². The van der Waals surface area contributed by atoms with Gasteiger partial charge in [-0.2, -0.15) is 19.3 Å². The van der Waals surface area contributed by atoms with Gasteiger partial charge in [0.1, 0.15) is 0 Å². The van der Waals surface area contributed by atoms with Crippen LogP contribution in [0, 0.1) is 0 Å². The molecule has 0 aromatic carbocycles. The first-order valence-electron chi connectivity index (χ1n) is 2.67. The number of ether oxygens (including phenoxy) is 1. The summed E-state index contributed by atoms with van der Waals surface area (Å²) in [5.41, 5.74) is 2.20. The lowest BCUT2D eigenvalue weighted by atomic mass is 11.2. The Morgan fingerprint density at radius 1 is 1.33 bits per heavy atom. The monoisotopic (exact) mass is 214 g/mol. The van der Waals surface area contributed by atoms with Crippen molar-refractivity contribution in [1.29, 1.82) is 0 Å². The third kappa shape index (κ3) is 7.87. The van der Waals surface area contributed by atoms with Crippen LogP contribution in [0.1, 0.15) is 0 Å². The normalized spacial score (nSPS) is 9.50. The molecule has 0 spiro atoms. The number of hydrogen-bond acceptors (Lipinski definition) is 9. The Kier molecular flexibility index (Phi) is 8.69. The van der Waals surface area contributed by atoms with Crippen LogP contribution in [0.15, 0.2) is 0 Å². The number of methoxy groups -OCH3 is 1. The van der Waals surface area contributed by atoms with Crippen LogP contribution in [0.5, 0.6) is 0 Å². The zero-order chi connectivity index (χ0) is 9.23. The Balaban J connectivity index is 2.95. The zero-order valence-corrected chi connectivity index (χ0v) is 7.84. The average molecular weight is 214 g/mol. The predicted octanol–water partition coefficient (Wildman–Crippen LogP) is -1.47. The van der Waals surface area contributed by atoms with Gasteiger partial charge in [-0.3, -0.25) is 5.84 Å². The molecular weight excluding hydrogens is 204 g/mol. The molecule has 0 aliphatic rings. The number of hydrazine groups is 3. The molecule has 0 rings (SSSR count). The fourth-order valence-corrected chi connectivity index (χ4v) is 0.793. The highest BCUT2D eigenvalue weighted by Gasteiger charge is 1.94. The van der Waals surface area contributed by atoms with Gasteiger partial charge < -0.3 is 4.74 Å². The molecule has 7 N–H and O–H groups in total. The minimum absolute atomic E-state index is 0.575. The molecular formula is C2H10N6O2S2. The van der Waals surface area contributed by atoms with Crippen LogP contribution in [0.25, 0.3) is 0 Å². The van der Waals surface area contributed by atoms with E-state index >= 15 is 0 Å². The lowest BCUT2D eigenvalue weighted by molar-refractivity contribution is 0.169. The summed E-state index contributed by atoms with van der Waals surface area (Å²) in [7, 11) is 1.27. The van der Waals surface area contributed by atoms with Crippen LogP contribution >= 0.6 is 24.3 Å². The fraction of sp³-hybridized carbons (Fsp3) is 0.500. The van der Waals surface area contributed by atoms with Gasteiger partial charge in [0.05, 0.1) is 7.11 Å². The van der Waals surface area contributed by atoms with Gasteiger partial charge in [-0.05, 0) is 0 Å². The van der Waals surface area contributed by atoms with Crippen LogP contribution in [0.3, 0.4) is 0 Å². The number of amides is 1. The maximum absolute atomic E-state index is 10.4. The van der Waals surface area contributed by atoms with Crippen molar-refractivity contribution in [3.8, 4) is 0 Å². The molecule has 0 atom stereocenters. The molecule has 0 aromatic heterocycles. The average Bonchev–Trinajstić information content (AvgIpc) is 2.10. The number of nitrogens with two attached hydrogens (primary N) is 1. The van der Waals surface area contributed by atoms with E-state index in [1.807, 2.05) is 0 Å². The lowest BCUT2D eigenvalue weighted by Crippen LogP contribution is -2.37. The van der Waals surface area contributed by atoms with E-state index in [2.05, 4.69) is 29.5 Å². The summed E-state index contributed by atoms with van der Waals surface area (Å²) < 4.78 is 4.27. The zero-order valence-electron chi connectivity index (χ0n) is 6.21. The smallest absolute Gasteiger partial charge is 0.422 e. The quantitative estimate of drug-likeness (QED) is 0.136. The van der Waals surface area contributed by atoms with Crippen molar-refractivity contribution in [1.82, 2.24) is 24.8 Å². The van der Waals surface area contributed by atoms with Crippen molar-refractivity contribution in [3.05, 3.63) is 0 Å². The van der Waals surface area contributed by atoms with Gasteiger partial charge >= 0.3 is 6.09 Å². The highest BCUT2D eigenvalue weighted by Crippen LogP contribution is 1.82. The summed E-state index contributed by atoms with van der Waals surface area (Å²) in [4.78, 5) is 20.2.